The fourth-order valence-corrected chi connectivity index (χ4v) is 3.11. The molecule has 0 bridgehead atoms. The molecule has 1 atom stereocenters. The summed E-state index contributed by atoms with van der Waals surface area (Å²) in [5, 5.41) is 0. The summed E-state index contributed by atoms with van der Waals surface area (Å²) in [5.41, 5.74) is 1.49. The van der Waals surface area contributed by atoms with Gasteiger partial charge >= 0.3 is 6.09 Å². The summed E-state index contributed by atoms with van der Waals surface area (Å²) in [6, 6.07) is 12.3. The van der Waals surface area contributed by atoms with Crippen LogP contribution in [-0.4, -0.2) is 44.8 Å². The van der Waals surface area contributed by atoms with Crippen molar-refractivity contribution in [3.63, 3.8) is 0 Å². The molecule has 7 heteroatoms. The van der Waals surface area contributed by atoms with Crippen LogP contribution in [0.5, 0.6) is 17.2 Å². The molecule has 1 aliphatic heterocycles. The number of cyclic esters (lactones) is 1. The lowest BCUT2D eigenvalue weighted by Gasteiger charge is -2.20. The quantitative estimate of drug-likeness (QED) is 0.777. The molecule has 0 aliphatic carbocycles. The van der Waals surface area contributed by atoms with Gasteiger partial charge in [0.05, 0.1) is 27.8 Å². The van der Waals surface area contributed by atoms with E-state index in [-0.39, 0.29) is 18.9 Å². The van der Waals surface area contributed by atoms with E-state index in [9.17, 15) is 9.59 Å². The fraction of sp³-hybridized carbons (Fsp3) is 0.300. The van der Waals surface area contributed by atoms with Crippen molar-refractivity contribution >= 4 is 12.0 Å². The van der Waals surface area contributed by atoms with Crippen molar-refractivity contribution in [2.45, 2.75) is 12.5 Å². The number of amides is 2. The van der Waals surface area contributed by atoms with Gasteiger partial charge in [-0.2, -0.15) is 0 Å². The highest BCUT2D eigenvalue weighted by atomic mass is 16.6. The van der Waals surface area contributed by atoms with Gasteiger partial charge in [-0.1, -0.05) is 30.3 Å². The smallest absolute Gasteiger partial charge is 0.417 e. The standard InChI is InChI=1S/C20H21NO6/c1-24-16-9-13(10-17(25-2)19(16)26-3)11-18(22)21-15(12-27-20(21)23)14-7-5-4-6-8-14/h4-10,15H,11-12H2,1-3H3/t15-/m0/s1. The number of methoxy groups -OCH3 is 3. The van der Waals surface area contributed by atoms with Gasteiger partial charge < -0.3 is 18.9 Å². The number of rotatable bonds is 6. The lowest BCUT2D eigenvalue weighted by atomic mass is 10.1. The topological polar surface area (TPSA) is 74.3 Å². The van der Waals surface area contributed by atoms with Gasteiger partial charge in [-0.3, -0.25) is 4.79 Å². The number of benzene rings is 2. The van der Waals surface area contributed by atoms with E-state index in [1.54, 1.807) is 12.1 Å². The Balaban J connectivity index is 1.87. The predicted molar refractivity (Wildman–Crippen MR) is 97.2 cm³/mol. The summed E-state index contributed by atoms with van der Waals surface area (Å²) in [6.45, 7) is 0.143. The second kappa shape index (κ2) is 7.99. The van der Waals surface area contributed by atoms with Crippen LogP contribution in [-0.2, 0) is 16.0 Å². The SMILES string of the molecule is COc1cc(CC(=O)N2C(=O)OC[C@H]2c2ccccc2)cc(OC)c1OC. The van der Waals surface area contributed by atoms with Crippen LogP contribution in [0.15, 0.2) is 42.5 Å². The molecular formula is C20H21NO6. The van der Waals surface area contributed by atoms with Crippen LogP contribution in [0.1, 0.15) is 17.2 Å². The van der Waals surface area contributed by atoms with Crippen molar-refractivity contribution in [1.29, 1.82) is 0 Å². The third kappa shape index (κ3) is 3.67. The molecule has 1 saturated heterocycles. The minimum Gasteiger partial charge on any atom is -0.493 e. The van der Waals surface area contributed by atoms with E-state index >= 15 is 0 Å². The lowest BCUT2D eigenvalue weighted by molar-refractivity contribution is -0.128. The van der Waals surface area contributed by atoms with Crippen molar-refractivity contribution in [2.75, 3.05) is 27.9 Å². The molecule has 0 unspecified atom stereocenters. The largest absolute Gasteiger partial charge is 0.493 e. The van der Waals surface area contributed by atoms with Crippen molar-refractivity contribution in [2.24, 2.45) is 0 Å². The van der Waals surface area contributed by atoms with Gasteiger partial charge in [0, 0.05) is 0 Å². The van der Waals surface area contributed by atoms with E-state index in [0.717, 1.165) is 5.56 Å². The summed E-state index contributed by atoms with van der Waals surface area (Å²) in [6.07, 6.45) is -0.643. The molecule has 0 N–H and O–H groups in total. The fourth-order valence-electron chi connectivity index (χ4n) is 3.11. The first-order valence-electron chi connectivity index (χ1n) is 8.41. The Morgan fingerprint density at radius 3 is 2.26 bits per heavy atom. The second-order valence-corrected chi connectivity index (χ2v) is 5.98. The van der Waals surface area contributed by atoms with Crippen LogP contribution in [0.4, 0.5) is 4.79 Å². The number of ether oxygens (including phenoxy) is 4. The van der Waals surface area contributed by atoms with Crippen LogP contribution in [0.2, 0.25) is 0 Å². The number of nitrogens with zero attached hydrogens (tertiary/aromatic N) is 1. The summed E-state index contributed by atoms with van der Waals surface area (Å²) < 4.78 is 21.0. The highest BCUT2D eigenvalue weighted by Gasteiger charge is 2.38. The molecule has 0 spiro atoms. The predicted octanol–water partition coefficient (Wildman–Crippen LogP) is 2.98. The van der Waals surface area contributed by atoms with Gasteiger partial charge in [0.2, 0.25) is 11.7 Å². The van der Waals surface area contributed by atoms with Gasteiger partial charge in [0.1, 0.15) is 12.6 Å². The molecule has 0 aromatic heterocycles. The first-order valence-corrected chi connectivity index (χ1v) is 8.41. The third-order valence-electron chi connectivity index (χ3n) is 4.41. The van der Waals surface area contributed by atoms with Gasteiger partial charge in [0.15, 0.2) is 11.5 Å². The molecule has 27 heavy (non-hydrogen) atoms. The Morgan fingerprint density at radius 1 is 1.07 bits per heavy atom. The highest BCUT2D eigenvalue weighted by Crippen LogP contribution is 2.38. The Kier molecular flexibility index (Phi) is 5.49. The molecule has 3 rings (SSSR count). The Morgan fingerprint density at radius 2 is 1.70 bits per heavy atom. The molecule has 2 amide bonds. The van der Waals surface area contributed by atoms with Crippen LogP contribution in [0, 0.1) is 0 Å². The van der Waals surface area contributed by atoms with E-state index in [2.05, 4.69) is 0 Å². The van der Waals surface area contributed by atoms with Crippen molar-refractivity contribution < 1.29 is 28.5 Å². The van der Waals surface area contributed by atoms with Crippen molar-refractivity contribution in [1.82, 2.24) is 4.90 Å². The van der Waals surface area contributed by atoms with Crippen molar-refractivity contribution in [3.05, 3.63) is 53.6 Å². The summed E-state index contributed by atoms with van der Waals surface area (Å²) in [7, 11) is 4.52. The number of imide groups is 1. The van der Waals surface area contributed by atoms with Crippen LogP contribution in [0.3, 0.4) is 0 Å². The maximum Gasteiger partial charge on any atom is 0.417 e. The van der Waals surface area contributed by atoms with Gasteiger partial charge in [0.25, 0.3) is 0 Å². The van der Waals surface area contributed by atoms with Gasteiger partial charge in [-0.25, -0.2) is 9.69 Å². The van der Waals surface area contributed by atoms with Crippen molar-refractivity contribution in [3.8, 4) is 17.2 Å². The molecule has 1 heterocycles. The highest BCUT2D eigenvalue weighted by molar-refractivity contribution is 5.94. The van der Waals surface area contributed by atoms with Gasteiger partial charge in [-0.15, -0.1) is 0 Å². The van der Waals surface area contributed by atoms with Gasteiger partial charge in [-0.05, 0) is 23.3 Å². The minimum atomic E-state index is -0.638. The average Bonchev–Trinajstić information content (AvgIpc) is 3.09. The average molecular weight is 371 g/mol. The zero-order valence-corrected chi connectivity index (χ0v) is 15.4. The summed E-state index contributed by atoms with van der Waals surface area (Å²) in [4.78, 5) is 26.2. The first-order chi connectivity index (χ1) is 13.1. The van der Waals surface area contributed by atoms with Crippen LogP contribution < -0.4 is 14.2 Å². The Hall–Kier alpha value is -3.22. The Bertz CT molecular complexity index is 811. The maximum atomic E-state index is 12.9. The second-order valence-electron chi connectivity index (χ2n) is 5.98. The maximum absolute atomic E-state index is 12.9. The van der Waals surface area contributed by atoms with Crippen LogP contribution >= 0.6 is 0 Å². The van der Waals surface area contributed by atoms with E-state index in [4.69, 9.17) is 18.9 Å². The summed E-state index contributed by atoms with van der Waals surface area (Å²) >= 11 is 0. The monoisotopic (exact) mass is 371 g/mol. The van der Waals surface area contributed by atoms with E-state index in [0.29, 0.717) is 22.8 Å². The molecule has 0 radical (unpaired) electrons. The molecule has 2 aromatic carbocycles. The number of carbonyl (C=O) groups excluding carboxylic acids is 2. The van der Waals surface area contributed by atoms with E-state index < -0.39 is 12.1 Å². The Labute approximate surface area is 157 Å². The molecule has 0 saturated carbocycles. The van der Waals surface area contributed by atoms with E-state index in [1.807, 2.05) is 30.3 Å². The number of carbonyl (C=O) groups is 2. The minimum absolute atomic E-state index is 0.00481. The zero-order chi connectivity index (χ0) is 19.4. The zero-order valence-electron chi connectivity index (χ0n) is 15.4. The summed E-state index contributed by atoms with van der Waals surface area (Å²) in [5.74, 6) is 0.978. The molecule has 1 aliphatic rings. The van der Waals surface area contributed by atoms with E-state index in [1.165, 1.54) is 26.2 Å². The molecule has 1 fully saturated rings. The molecule has 142 valence electrons. The normalized spacial score (nSPS) is 16.0. The molecule has 2 aromatic rings. The lowest BCUT2D eigenvalue weighted by Crippen LogP contribution is -2.35. The molecular weight excluding hydrogens is 350 g/mol. The third-order valence-corrected chi connectivity index (χ3v) is 4.41. The molecule has 7 nitrogen and oxygen atoms in total. The first kappa shape index (κ1) is 18.6. The van der Waals surface area contributed by atoms with Crippen LogP contribution in [0.25, 0.3) is 0 Å². The number of hydrogen-bond acceptors (Lipinski definition) is 6. The number of hydrogen-bond donors (Lipinski definition) is 0.